The van der Waals surface area contributed by atoms with Gasteiger partial charge in [0.15, 0.2) is 11.4 Å². The summed E-state index contributed by atoms with van der Waals surface area (Å²) < 4.78 is 26.9. The molecule has 6 aliphatic carbocycles. The van der Waals surface area contributed by atoms with E-state index >= 15 is 0 Å². The number of carbonyl (C=O) groups is 4. The van der Waals surface area contributed by atoms with Gasteiger partial charge >= 0.3 is 5.97 Å². The lowest BCUT2D eigenvalue weighted by Gasteiger charge is -2.32. The van der Waals surface area contributed by atoms with Crippen LogP contribution in [0.25, 0.3) is 0 Å². The van der Waals surface area contributed by atoms with Crippen LogP contribution >= 0.6 is 23.2 Å². The number of aromatic nitrogens is 4. The number of aliphatic hydroxyl groups excluding tert-OH is 2. The Kier molecular flexibility index (Phi) is 16.0. The van der Waals surface area contributed by atoms with E-state index in [-0.39, 0.29) is 80.1 Å². The van der Waals surface area contributed by atoms with E-state index in [0.717, 1.165) is 113 Å². The number of aromatic carboxylic acids is 1. The molecule has 4 N–H and O–H groups in total. The van der Waals surface area contributed by atoms with Crippen LogP contribution in [0.2, 0.25) is 10.0 Å². The first-order valence-electron chi connectivity index (χ1n) is 28.7. The first-order valence-corrected chi connectivity index (χ1v) is 29.5. The number of nitrogens with one attached hydrogen (secondary N) is 1. The van der Waals surface area contributed by atoms with E-state index in [2.05, 4.69) is 10.4 Å². The molecule has 6 heterocycles. The van der Waals surface area contributed by atoms with E-state index in [9.17, 15) is 24.3 Å². The molecule has 2 aromatic heterocycles. The zero-order chi connectivity index (χ0) is 54.5. The minimum Gasteiger partial charge on any atom is -0.488 e. The molecule has 4 saturated carbocycles. The van der Waals surface area contributed by atoms with Crippen molar-refractivity contribution in [3.05, 3.63) is 92.5 Å². The fraction of sp³-hybridized carbons (Fsp3) is 0.621. The molecule has 4 saturated heterocycles. The molecule has 424 valence electrons. The SMILES string of the molecule is O=C(O)c1nn(CC(=O)N2CCC(Oc3ccccc3Cl)C3CC32)c2c1[C@@H]1C[C@@H]1C2.O=C(c1nn(CC(=O)N2CCC(Oc3ccccc3Cl)C3CC32)c2c1[C@@H]1C[C@@H]1C2)N1CCC(OCCO)CC1.OCCOC1CCNCC1. The average Bonchev–Trinajstić information content (AvgIpc) is 4.49. The molecular formula is C58H72Cl2N8O11. The van der Waals surface area contributed by atoms with E-state index in [1.807, 2.05) is 67.9 Å². The number of hydrogen-bond acceptors (Lipinski definition) is 13. The second-order valence-electron chi connectivity index (χ2n) is 23.1. The number of carbonyl (C=O) groups excluding carboxylic acids is 3. The van der Waals surface area contributed by atoms with Gasteiger partial charge in [0, 0.05) is 85.5 Å². The highest BCUT2D eigenvalue weighted by Crippen LogP contribution is 2.58. The van der Waals surface area contributed by atoms with Crippen molar-refractivity contribution in [1.29, 1.82) is 0 Å². The van der Waals surface area contributed by atoms with Crippen molar-refractivity contribution in [2.75, 3.05) is 65.7 Å². The summed E-state index contributed by atoms with van der Waals surface area (Å²) in [5, 5.41) is 40.5. The maximum absolute atomic E-state index is 13.6. The van der Waals surface area contributed by atoms with Crippen molar-refractivity contribution in [2.24, 2.45) is 23.7 Å². The van der Waals surface area contributed by atoms with Gasteiger partial charge in [-0.3, -0.25) is 23.7 Å². The Morgan fingerprint density at radius 2 is 1.08 bits per heavy atom. The predicted molar refractivity (Wildman–Crippen MR) is 290 cm³/mol. The lowest BCUT2D eigenvalue weighted by atomic mass is 10.1. The summed E-state index contributed by atoms with van der Waals surface area (Å²) in [6, 6.07) is 15.4. The number of carboxylic acids is 1. The number of amides is 3. The monoisotopic (exact) mass is 1130 g/mol. The van der Waals surface area contributed by atoms with Gasteiger partial charge in [-0.25, -0.2) is 4.79 Å². The van der Waals surface area contributed by atoms with Crippen LogP contribution in [0.5, 0.6) is 11.5 Å². The molecule has 14 rings (SSSR count). The number of rotatable bonds is 16. The van der Waals surface area contributed by atoms with E-state index in [1.165, 1.54) is 0 Å². The van der Waals surface area contributed by atoms with Crippen molar-refractivity contribution in [3.8, 4) is 11.5 Å². The largest absolute Gasteiger partial charge is 0.488 e. The number of aliphatic hydroxyl groups is 2. The van der Waals surface area contributed by atoms with Crippen LogP contribution in [-0.4, -0.2) is 175 Å². The molecule has 2 aromatic carbocycles. The Morgan fingerprint density at radius 1 is 0.608 bits per heavy atom. The minimum atomic E-state index is -0.996. The van der Waals surface area contributed by atoms with E-state index in [4.69, 9.17) is 57.5 Å². The molecule has 4 aromatic rings. The zero-order valence-electron chi connectivity index (χ0n) is 44.5. The summed E-state index contributed by atoms with van der Waals surface area (Å²) in [5.41, 5.74) is 4.68. The number of hydrogen-bond donors (Lipinski definition) is 4. The molecule has 0 spiro atoms. The van der Waals surface area contributed by atoms with Crippen molar-refractivity contribution in [3.63, 3.8) is 0 Å². The van der Waals surface area contributed by atoms with Gasteiger partial charge in [0.2, 0.25) is 11.8 Å². The third-order valence-electron chi connectivity index (χ3n) is 18.1. The van der Waals surface area contributed by atoms with Gasteiger partial charge < -0.3 is 54.3 Å². The molecule has 10 aliphatic rings. The van der Waals surface area contributed by atoms with Crippen molar-refractivity contribution in [2.45, 2.75) is 138 Å². The third-order valence-corrected chi connectivity index (χ3v) is 18.7. The van der Waals surface area contributed by atoms with Crippen LogP contribution in [0, 0.1) is 23.7 Å². The molecule has 10 atom stereocenters. The highest BCUT2D eigenvalue weighted by molar-refractivity contribution is 6.32. The number of ether oxygens (including phenoxy) is 4. The van der Waals surface area contributed by atoms with Crippen LogP contribution in [0.4, 0.5) is 0 Å². The quantitative estimate of drug-likeness (QED) is 0.108. The smallest absolute Gasteiger partial charge is 0.356 e. The molecule has 0 radical (unpaired) electrons. The number of likely N-dealkylation sites (tertiary alicyclic amines) is 3. The Morgan fingerprint density at radius 3 is 1.56 bits per heavy atom. The number of halogens is 2. The van der Waals surface area contributed by atoms with Gasteiger partial charge in [0.25, 0.3) is 5.91 Å². The molecule has 6 unspecified atom stereocenters. The molecule has 3 amide bonds. The topological polar surface area (TPSA) is 223 Å². The normalized spacial score (nSPS) is 28.5. The van der Waals surface area contributed by atoms with Gasteiger partial charge in [0.05, 0.1) is 48.7 Å². The number of fused-ring (bicyclic) bond motifs is 8. The Hall–Kier alpha value is -5.28. The maximum Gasteiger partial charge on any atom is 0.356 e. The Labute approximate surface area is 469 Å². The van der Waals surface area contributed by atoms with Crippen LogP contribution in [-0.2, 0) is 45.0 Å². The molecule has 79 heavy (non-hydrogen) atoms. The number of benzene rings is 2. The molecule has 21 heteroatoms. The highest BCUT2D eigenvalue weighted by Gasteiger charge is 2.56. The fourth-order valence-electron chi connectivity index (χ4n) is 13.7. The molecular weight excluding hydrogens is 1060 g/mol. The standard InChI is InChI=1S/C29H35ClN4O5.C22H22ClN3O4.C7H15NO2/c30-21-3-1-2-4-25(21)39-24-7-10-33(22-15-20(22)24)26(36)16-34-23-14-17-13-19(17)27(23)28(31-34)29(37)32-8-5-18(6-9-32)38-12-11-35;23-14-3-1-2-4-18(14)30-17-5-6-25(15-9-13(15)17)19(27)10-26-16-8-11-7-12(11)20(16)21(24-26)22(28)29;9-5-6-10-7-1-3-8-4-2-7/h1-4,17-20,22,24,35H,5-16H2;1-4,11-13,15,17H,5-10H2,(H,28,29);7-9H,1-6H2/t17-,19-,20?,22?,24?;11-,12-,13?,15?,17?;/m11./s1. The van der Waals surface area contributed by atoms with Gasteiger partial charge in [-0.2, -0.15) is 10.2 Å². The maximum atomic E-state index is 13.6. The van der Waals surface area contributed by atoms with E-state index < -0.39 is 5.97 Å². The number of para-hydroxylation sites is 2. The zero-order valence-corrected chi connectivity index (χ0v) is 46.0. The second kappa shape index (κ2) is 23.3. The van der Waals surface area contributed by atoms with Crippen LogP contribution < -0.4 is 14.8 Å². The average molecular weight is 1130 g/mol. The summed E-state index contributed by atoms with van der Waals surface area (Å²) in [6.45, 7) is 5.93. The van der Waals surface area contributed by atoms with Crippen molar-refractivity contribution in [1.82, 2.24) is 39.6 Å². The minimum absolute atomic E-state index is 0.0136. The lowest BCUT2D eigenvalue weighted by molar-refractivity contribution is -0.135. The summed E-state index contributed by atoms with van der Waals surface area (Å²) >= 11 is 12.5. The Bertz CT molecular complexity index is 2900. The number of piperidine rings is 4. The van der Waals surface area contributed by atoms with Crippen LogP contribution in [0.15, 0.2) is 48.5 Å². The van der Waals surface area contributed by atoms with Crippen LogP contribution in [0.1, 0.15) is 120 Å². The molecule has 8 fully saturated rings. The first kappa shape index (κ1) is 54.3. The molecule has 4 aliphatic heterocycles. The summed E-state index contributed by atoms with van der Waals surface area (Å²) in [7, 11) is 0. The van der Waals surface area contributed by atoms with E-state index in [0.29, 0.717) is 108 Å². The summed E-state index contributed by atoms with van der Waals surface area (Å²) in [5.74, 6) is 3.01. The number of nitrogens with zero attached hydrogens (tertiary/aromatic N) is 7. The number of carboxylic acid groups (broad SMARTS) is 1. The summed E-state index contributed by atoms with van der Waals surface area (Å²) in [4.78, 5) is 57.5. The predicted octanol–water partition coefficient (Wildman–Crippen LogP) is 5.59. The first-order chi connectivity index (χ1) is 38.5. The highest BCUT2D eigenvalue weighted by atomic mass is 35.5. The lowest BCUT2D eigenvalue weighted by Crippen LogP contribution is -2.44. The molecule has 19 nitrogen and oxygen atoms in total. The third kappa shape index (κ3) is 11.6. The van der Waals surface area contributed by atoms with E-state index in [1.54, 1.807) is 4.68 Å². The van der Waals surface area contributed by atoms with Gasteiger partial charge in [-0.05, 0) is 125 Å². The van der Waals surface area contributed by atoms with Gasteiger partial charge in [-0.15, -0.1) is 0 Å². The van der Waals surface area contributed by atoms with Crippen molar-refractivity contribution < 1.29 is 53.4 Å². The Balaban J connectivity index is 0.000000137. The van der Waals surface area contributed by atoms with Gasteiger partial charge in [0.1, 0.15) is 36.8 Å². The molecule has 0 bridgehead atoms. The fourth-order valence-corrected chi connectivity index (χ4v) is 14.1. The van der Waals surface area contributed by atoms with Gasteiger partial charge in [-0.1, -0.05) is 47.5 Å². The van der Waals surface area contributed by atoms with Crippen molar-refractivity contribution >= 4 is 46.9 Å². The summed E-state index contributed by atoms with van der Waals surface area (Å²) in [6.07, 6.45) is 11.6. The van der Waals surface area contributed by atoms with Crippen LogP contribution in [0.3, 0.4) is 0 Å². The second-order valence-corrected chi connectivity index (χ2v) is 24.0.